The summed E-state index contributed by atoms with van der Waals surface area (Å²) in [6, 6.07) is 28.0. The van der Waals surface area contributed by atoms with E-state index in [2.05, 4.69) is 81.1 Å². The average Bonchev–Trinajstić information content (AvgIpc) is 3.02. The first-order chi connectivity index (χ1) is 21.7. The van der Waals surface area contributed by atoms with Gasteiger partial charge in [0.05, 0.1) is 13.2 Å². The van der Waals surface area contributed by atoms with Gasteiger partial charge in [0.15, 0.2) is 0 Å². The van der Waals surface area contributed by atoms with Crippen LogP contribution in [0.3, 0.4) is 0 Å². The van der Waals surface area contributed by atoms with Crippen LogP contribution in [0.25, 0.3) is 0 Å². The lowest BCUT2D eigenvalue weighted by Gasteiger charge is -2.32. The molecular weight excluding hydrogens is 568 g/mol. The molecule has 3 aromatic carbocycles. The summed E-state index contributed by atoms with van der Waals surface area (Å²) in [5.41, 5.74) is 3.52. The van der Waals surface area contributed by atoms with Gasteiger partial charge in [0.25, 0.3) is 0 Å². The van der Waals surface area contributed by atoms with E-state index in [0.29, 0.717) is 31.7 Å². The molecule has 0 saturated carbocycles. The molecule has 1 atom stereocenters. The van der Waals surface area contributed by atoms with Crippen LogP contribution in [-0.4, -0.2) is 54.0 Å². The number of unbranched alkanes of at least 4 members (excludes halogenated alkanes) is 4. The van der Waals surface area contributed by atoms with Gasteiger partial charge in [0, 0.05) is 23.6 Å². The van der Waals surface area contributed by atoms with Crippen molar-refractivity contribution in [2.75, 3.05) is 19.8 Å². The second-order valence-corrected chi connectivity index (χ2v) is 11.8. The minimum atomic E-state index is -1.42. The number of rotatable bonds is 19. The highest BCUT2D eigenvalue weighted by Crippen LogP contribution is 2.38. The average molecular weight is 619 g/mol. The van der Waals surface area contributed by atoms with E-state index in [0.717, 1.165) is 61.3 Å². The maximum atomic E-state index is 11.2. The Bertz CT molecular complexity index is 1270. The molecule has 0 aromatic heterocycles. The third-order valence-corrected chi connectivity index (χ3v) is 7.80. The third-order valence-electron chi connectivity index (χ3n) is 7.80. The van der Waals surface area contributed by atoms with E-state index in [1.807, 2.05) is 30.3 Å². The summed E-state index contributed by atoms with van der Waals surface area (Å²) in [5, 5.41) is 10.2. The van der Waals surface area contributed by atoms with Crippen molar-refractivity contribution in [1.29, 1.82) is 0 Å². The predicted octanol–water partition coefficient (Wildman–Crippen LogP) is 8.64. The third kappa shape index (κ3) is 12.8. The van der Waals surface area contributed by atoms with Crippen LogP contribution < -0.4 is 14.8 Å². The number of hydrogen-bond donors (Lipinski definition) is 2. The maximum absolute atomic E-state index is 11.2. The van der Waals surface area contributed by atoms with Crippen molar-refractivity contribution < 1.29 is 28.9 Å². The topological polar surface area (TPSA) is 97.3 Å². The van der Waals surface area contributed by atoms with E-state index < -0.39 is 12.2 Å². The summed E-state index contributed by atoms with van der Waals surface area (Å²) >= 11 is 0. The highest BCUT2D eigenvalue weighted by atomic mass is 16.6. The molecule has 2 N–H and O–H groups in total. The summed E-state index contributed by atoms with van der Waals surface area (Å²) in [6.45, 7) is 11.3. The van der Waals surface area contributed by atoms with Crippen molar-refractivity contribution >= 4 is 12.2 Å². The van der Waals surface area contributed by atoms with Crippen LogP contribution in [-0.2, 0) is 11.3 Å². The molecular formula is C37H50N2O6. The molecule has 3 rings (SSSR count). The van der Waals surface area contributed by atoms with Crippen LogP contribution in [0.2, 0.25) is 0 Å². The summed E-state index contributed by atoms with van der Waals surface area (Å²) in [4.78, 5) is 24.2. The number of imide groups is 1. The van der Waals surface area contributed by atoms with Gasteiger partial charge in [-0.25, -0.2) is 14.9 Å². The van der Waals surface area contributed by atoms with Gasteiger partial charge in [-0.15, -0.1) is 0 Å². The van der Waals surface area contributed by atoms with Crippen LogP contribution in [0.4, 0.5) is 9.59 Å². The smallest absolute Gasteiger partial charge is 0.416 e. The minimum Gasteiger partial charge on any atom is -0.494 e. The zero-order valence-electron chi connectivity index (χ0n) is 27.2. The molecule has 45 heavy (non-hydrogen) atoms. The number of carbonyl (C=O) groups excluding carboxylic acids is 1. The van der Waals surface area contributed by atoms with Gasteiger partial charge in [-0.1, -0.05) is 79.9 Å². The molecule has 0 saturated heterocycles. The molecule has 0 aliphatic heterocycles. The first-order valence-electron chi connectivity index (χ1n) is 16.2. The van der Waals surface area contributed by atoms with E-state index in [-0.39, 0.29) is 12.5 Å². The molecule has 8 heteroatoms. The zero-order valence-corrected chi connectivity index (χ0v) is 27.2. The lowest BCUT2D eigenvalue weighted by Crippen LogP contribution is -2.38. The number of alkyl carbamates (subject to hydrolysis) is 1. The molecule has 0 aliphatic carbocycles. The number of carbonyl (C=O) groups is 2. The SMILES string of the molecule is CC(C)N(CC[C@H](c1ccccc1)c1cc(OCCCCCCCOC(=O)NC(=O)O)ccc1OCc1ccccc1)C(C)C. The number of hydrogen-bond acceptors (Lipinski definition) is 6. The quantitative estimate of drug-likeness (QED) is 0.130. The van der Waals surface area contributed by atoms with Crippen LogP contribution in [0.5, 0.6) is 11.5 Å². The summed E-state index contributed by atoms with van der Waals surface area (Å²) in [6.07, 6.45) is 3.05. The predicted molar refractivity (Wildman–Crippen MR) is 178 cm³/mol. The first-order valence-corrected chi connectivity index (χ1v) is 16.2. The Hall–Kier alpha value is -4.04. The molecule has 0 unspecified atom stereocenters. The Balaban J connectivity index is 1.67. The van der Waals surface area contributed by atoms with E-state index in [9.17, 15) is 9.59 Å². The fourth-order valence-corrected chi connectivity index (χ4v) is 5.55. The normalized spacial score (nSPS) is 11.9. The van der Waals surface area contributed by atoms with Crippen molar-refractivity contribution in [3.63, 3.8) is 0 Å². The van der Waals surface area contributed by atoms with E-state index >= 15 is 0 Å². The lowest BCUT2D eigenvalue weighted by atomic mass is 9.87. The number of benzene rings is 3. The first kappa shape index (κ1) is 35.4. The molecule has 0 bridgehead atoms. The molecule has 3 aromatic rings. The largest absolute Gasteiger partial charge is 0.494 e. The Kier molecular flexibility index (Phi) is 15.3. The van der Waals surface area contributed by atoms with Crippen LogP contribution in [0.15, 0.2) is 78.9 Å². The highest BCUT2D eigenvalue weighted by molar-refractivity contribution is 5.86. The Morgan fingerprint density at radius 3 is 2.04 bits per heavy atom. The molecule has 0 spiro atoms. The van der Waals surface area contributed by atoms with Crippen LogP contribution >= 0.6 is 0 Å². The summed E-state index contributed by atoms with van der Waals surface area (Å²) in [7, 11) is 0. The summed E-state index contributed by atoms with van der Waals surface area (Å²) in [5.74, 6) is 1.85. The number of nitrogens with one attached hydrogen (secondary N) is 1. The fraction of sp³-hybridized carbons (Fsp3) is 0.459. The molecule has 0 heterocycles. The number of amides is 2. The van der Waals surface area contributed by atoms with Crippen molar-refractivity contribution in [1.82, 2.24) is 10.2 Å². The molecule has 0 aliphatic rings. The molecule has 0 fully saturated rings. The maximum Gasteiger partial charge on any atom is 0.416 e. The second-order valence-electron chi connectivity index (χ2n) is 11.8. The summed E-state index contributed by atoms with van der Waals surface area (Å²) < 4.78 is 17.6. The molecule has 244 valence electrons. The van der Waals surface area contributed by atoms with Gasteiger partial charge in [-0.2, -0.15) is 0 Å². The number of nitrogens with zero attached hydrogens (tertiary/aromatic N) is 1. The Morgan fingerprint density at radius 1 is 0.778 bits per heavy atom. The molecule has 0 radical (unpaired) electrons. The monoisotopic (exact) mass is 618 g/mol. The van der Waals surface area contributed by atoms with Gasteiger partial charge in [-0.3, -0.25) is 4.90 Å². The van der Waals surface area contributed by atoms with Crippen LogP contribution in [0.1, 0.15) is 88.8 Å². The minimum absolute atomic E-state index is 0.139. The van der Waals surface area contributed by atoms with Crippen molar-refractivity contribution in [2.45, 2.75) is 90.8 Å². The number of ether oxygens (including phenoxy) is 3. The van der Waals surface area contributed by atoms with Gasteiger partial charge in [0.2, 0.25) is 0 Å². The fourth-order valence-electron chi connectivity index (χ4n) is 5.55. The van der Waals surface area contributed by atoms with Crippen molar-refractivity contribution in [3.8, 4) is 11.5 Å². The highest BCUT2D eigenvalue weighted by Gasteiger charge is 2.23. The number of carboxylic acid groups (broad SMARTS) is 1. The van der Waals surface area contributed by atoms with E-state index in [1.54, 1.807) is 5.32 Å². The van der Waals surface area contributed by atoms with Gasteiger partial charge in [0.1, 0.15) is 18.1 Å². The second kappa shape index (κ2) is 19.4. The van der Waals surface area contributed by atoms with Gasteiger partial charge in [-0.05, 0) is 82.8 Å². The molecule has 2 amide bonds. The van der Waals surface area contributed by atoms with Crippen molar-refractivity contribution in [2.24, 2.45) is 0 Å². The lowest BCUT2D eigenvalue weighted by molar-refractivity contribution is 0.138. The standard InChI is InChI=1S/C37H50N2O6/c1-28(2)39(29(3)4)23-22-33(31-18-12-9-13-19-31)34-26-32(20-21-35(34)45-27-30-16-10-8-11-17-30)43-24-14-6-5-7-15-25-44-37(42)38-36(40)41/h8-13,16-21,26,28-29,33H,5-7,14-15,22-25,27H2,1-4H3,(H,38,42)(H,40,41)/t33-/m1/s1. The van der Waals surface area contributed by atoms with Gasteiger partial charge < -0.3 is 19.3 Å². The van der Waals surface area contributed by atoms with Crippen LogP contribution in [0, 0.1) is 0 Å². The molecule has 8 nitrogen and oxygen atoms in total. The Labute approximate surface area is 268 Å². The zero-order chi connectivity index (χ0) is 32.4. The van der Waals surface area contributed by atoms with E-state index in [4.69, 9.17) is 19.3 Å². The van der Waals surface area contributed by atoms with Crippen molar-refractivity contribution in [3.05, 3.63) is 95.6 Å². The van der Waals surface area contributed by atoms with E-state index in [1.165, 1.54) is 5.56 Å². The van der Waals surface area contributed by atoms with Gasteiger partial charge >= 0.3 is 12.2 Å². The Morgan fingerprint density at radius 2 is 1.40 bits per heavy atom.